The Balaban J connectivity index is 1.60. The lowest BCUT2D eigenvalue weighted by Gasteiger charge is -2.36. The highest BCUT2D eigenvalue weighted by Crippen LogP contribution is 2.33. The summed E-state index contributed by atoms with van der Waals surface area (Å²) in [5.74, 6) is 0.145. The first kappa shape index (κ1) is 30.1. The van der Waals surface area contributed by atoms with Crippen LogP contribution in [-0.2, 0) is 22.5 Å². The number of nitrogens with one attached hydrogen (secondary N) is 1. The Morgan fingerprint density at radius 1 is 0.927 bits per heavy atom. The summed E-state index contributed by atoms with van der Waals surface area (Å²) in [5.41, 5.74) is 12.0. The predicted octanol–water partition coefficient (Wildman–Crippen LogP) is 6.61. The van der Waals surface area contributed by atoms with Gasteiger partial charge in [-0.15, -0.1) is 0 Å². The molecule has 4 rings (SSSR count). The lowest BCUT2D eigenvalue weighted by molar-refractivity contribution is -0.134. The number of rotatable bonds is 11. The SMILES string of the molecule is CCCCN(C)c1ccc(-c2cccc(CN(C(=O)Cc3ccccc3)C3CCC(N)CC3)c2)cc1NC(=O)OC. The number of carbonyl (C=O) groups is 2. The molecule has 7 heteroatoms. The van der Waals surface area contributed by atoms with Gasteiger partial charge < -0.3 is 20.3 Å². The first-order valence-electron chi connectivity index (χ1n) is 14.8. The lowest BCUT2D eigenvalue weighted by atomic mass is 9.90. The van der Waals surface area contributed by atoms with Crippen molar-refractivity contribution >= 4 is 23.4 Å². The van der Waals surface area contributed by atoms with E-state index in [2.05, 4.69) is 46.3 Å². The molecule has 0 atom stereocenters. The summed E-state index contributed by atoms with van der Waals surface area (Å²) in [7, 11) is 3.40. The number of nitrogens with two attached hydrogens (primary N) is 1. The molecule has 0 aromatic heterocycles. The molecule has 1 fully saturated rings. The number of methoxy groups -OCH3 is 1. The molecule has 41 heavy (non-hydrogen) atoms. The summed E-state index contributed by atoms with van der Waals surface area (Å²) in [4.78, 5) is 30.0. The van der Waals surface area contributed by atoms with Crippen LogP contribution in [0.25, 0.3) is 11.1 Å². The second-order valence-corrected chi connectivity index (χ2v) is 11.1. The maximum absolute atomic E-state index is 13.6. The fourth-order valence-electron chi connectivity index (χ4n) is 5.58. The van der Waals surface area contributed by atoms with E-state index >= 15 is 0 Å². The summed E-state index contributed by atoms with van der Waals surface area (Å²) in [6, 6.07) is 24.8. The second kappa shape index (κ2) is 14.7. The van der Waals surface area contributed by atoms with Gasteiger partial charge in [-0.2, -0.15) is 0 Å². The Bertz CT molecular complexity index is 1290. The molecule has 218 valence electrons. The minimum atomic E-state index is -0.499. The van der Waals surface area contributed by atoms with Gasteiger partial charge in [0.25, 0.3) is 0 Å². The molecule has 0 bridgehead atoms. The normalized spacial score (nSPS) is 16.6. The van der Waals surface area contributed by atoms with E-state index in [4.69, 9.17) is 10.5 Å². The quantitative estimate of drug-likeness (QED) is 0.278. The highest BCUT2D eigenvalue weighted by Gasteiger charge is 2.28. The van der Waals surface area contributed by atoms with Gasteiger partial charge >= 0.3 is 6.09 Å². The van der Waals surface area contributed by atoms with Crippen LogP contribution in [0.3, 0.4) is 0 Å². The fourth-order valence-corrected chi connectivity index (χ4v) is 5.58. The minimum absolute atomic E-state index is 0.145. The molecule has 2 amide bonds. The van der Waals surface area contributed by atoms with E-state index in [0.717, 1.165) is 73.0 Å². The molecular weight excluding hydrogens is 512 g/mol. The largest absolute Gasteiger partial charge is 0.453 e. The summed E-state index contributed by atoms with van der Waals surface area (Å²) in [6.45, 7) is 3.60. The van der Waals surface area contributed by atoms with Crippen LogP contribution in [0, 0.1) is 0 Å². The Morgan fingerprint density at radius 3 is 2.34 bits per heavy atom. The molecule has 1 saturated carbocycles. The molecule has 1 aliphatic rings. The van der Waals surface area contributed by atoms with Crippen LogP contribution in [0.5, 0.6) is 0 Å². The smallest absolute Gasteiger partial charge is 0.411 e. The molecule has 1 aliphatic carbocycles. The van der Waals surface area contributed by atoms with E-state index in [0.29, 0.717) is 18.7 Å². The molecule has 0 unspecified atom stereocenters. The van der Waals surface area contributed by atoms with E-state index in [1.807, 2.05) is 55.6 Å². The van der Waals surface area contributed by atoms with Crippen molar-refractivity contribution in [2.75, 3.05) is 30.9 Å². The average Bonchev–Trinajstić information content (AvgIpc) is 2.99. The van der Waals surface area contributed by atoms with Crippen LogP contribution in [-0.4, -0.2) is 49.7 Å². The van der Waals surface area contributed by atoms with Crippen LogP contribution < -0.4 is 16.0 Å². The van der Waals surface area contributed by atoms with Gasteiger partial charge in [-0.25, -0.2) is 4.79 Å². The Morgan fingerprint density at radius 2 is 1.63 bits per heavy atom. The molecule has 0 heterocycles. The maximum atomic E-state index is 13.6. The molecule has 0 spiro atoms. The number of nitrogens with zero attached hydrogens (tertiary/aromatic N) is 2. The highest BCUT2D eigenvalue weighted by molar-refractivity contribution is 5.91. The predicted molar refractivity (Wildman–Crippen MR) is 167 cm³/mol. The molecule has 0 radical (unpaired) electrons. The van der Waals surface area contributed by atoms with E-state index < -0.39 is 6.09 Å². The van der Waals surface area contributed by atoms with E-state index in [1.54, 1.807) is 0 Å². The molecule has 3 N–H and O–H groups in total. The van der Waals surface area contributed by atoms with Gasteiger partial charge in [0, 0.05) is 32.2 Å². The standard InChI is InChI=1S/C34H44N4O3/c1-4-5-20-37(2)32-19-14-28(23-31(32)36-34(40)41-3)27-13-9-12-26(21-27)24-38(30-17-15-29(35)16-18-30)33(39)22-25-10-7-6-8-11-25/h6-14,19,21,23,29-30H,4-5,15-18,20,22,24,35H2,1-3H3,(H,36,40). The van der Waals surface area contributed by atoms with E-state index in [1.165, 1.54) is 7.11 Å². The summed E-state index contributed by atoms with van der Waals surface area (Å²) < 4.78 is 4.89. The summed E-state index contributed by atoms with van der Waals surface area (Å²) in [6.07, 6.45) is 5.77. The Labute approximate surface area is 244 Å². The molecule has 0 aliphatic heterocycles. The average molecular weight is 557 g/mol. The zero-order valence-electron chi connectivity index (χ0n) is 24.6. The van der Waals surface area contributed by atoms with Gasteiger partial charge in [-0.3, -0.25) is 10.1 Å². The number of ether oxygens (including phenoxy) is 1. The number of amides is 2. The van der Waals surface area contributed by atoms with Crippen molar-refractivity contribution in [3.63, 3.8) is 0 Å². The monoisotopic (exact) mass is 556 g/mol. The molecule has 3 aromatic carbocycles. The van der Waals surface area contributed by atoms with Gasteiger partial charge in [0.15, 0.2) is 0 Å². The van der Waals surface area contributed by atoms with Crippen molar-refractivity contribution in [3.05, 3.63) is 83.9 Å². The third kappa shape index (κ3) is 8.33. The lowest BCUT2D eigenvalue weighted by Crippen LogP contribution is -2.44. The van der Waals surface area contributed by atoms with Gasteiger partial charge in [0.2, 0.25) is 5.91 Å². The Kier molecular flexibility index (Phi) is 10.8. The van der Waals surface area contributed by atoms with Gasteiger partial charge in [-0.05, 0) is 72.6 Å². The second-order valence-electron chi connectivity index (χ2n) is 11.1. The number of carbonyl (C=O) groups excluding carboxylic acids is 2. The van der Waals surface area contributed by atoms with Gasteiger partial charge in [-0.1, -0.05) is 67.9 Å². The number of hydrogen-bond donors (Lipinski definition) is 2. The van der Waals surface area contributed by atoms with Crippen molar-refractivity contribution < 1.29 is 14.3 Å². The maximum Gasteiger partial charge on any atom is 0.411 e. The molecular formula is C34H44N4O3. The van der Waals surface area contributed by atoms with Crippen LogP contribution in [0.4, 0.5) is 16.2 Å². The van der Waals surface area contributed by atoms with E-state index in [9.17, 15) is 9.59 Å². The zero-order valence-corrected chi connectivity index (χ0v) is 24.6. The molecule has 3 aromatic rings. The molecule has 0 saturated heterocycles. The highest BCUT2D eigenvalue weighted by atomic mass is 16.5. The van der Waals surface area contributed by atoms with Crippen LogP contribution in [0.1, 0.15) is 56.6 Å². The van der Waals surface area contributed by atoms with E-state index in [-0.39, 0.29) is 18.0 Å². The van der Waals surface area contributed by atoms with Crippen molar-refractivity contribution in [3.8, 4) is 11.1 Å². The van der Waals surface area contributed by atoms with Crippen molar-refractivity contribution in [2.45, 2.75) is 70.5 Å². The topological polar surface area (TPSA) is 87.9 Å². The van der Waals surface area contributed by atoms with Crippen LogP contribution >= 0.6 is 0 Å². The zero-order chi connectivity index (χ0) is 29.2. The van der Waals surface area contributed by atoms with Crippen LogP contribution in [0.15, 0.2) is 72.8 Å². The van der Waals surface area contributed by atoms with Crippen molar-refractivity contribution in [2.24, 2.45) is 5.73 Å². The van der Waals surface area contributed by atoms with Gasteiger partial charge in [0.05, 0.1) is 24.9 Å². The van der Waals surface area contributed by atoms with Crippen molar-refractivity contribution in [1.29, 1.82) is 0 Å². The number of unbranched alkanes of at least 4 members (excludes halogenated alkanes) is 1. The molecule has 7 nitrogen and oxygen atoms in total. The van der Waals surface area contributed by atoms with Gasteiger partial charge in [0.1, 0.15) is 0 Å². The number of hydrogen-bond acceptors (Lipinski definition) is 5. The first-order chi connectivity index (χ1) is 19.9. The minimum Gasteiger partial charge on any atom is -0.453 e. The fraction of sp³-hybridized carbons (Fsp3) is 0.412. The van der Waals surface area contributed by atoms with Crippen molar-refractivity contribution in [1.82, 2.24) is 4.90 Å². The van der Waals surface area contributed by atoms with Crippen LogP contribution in [0.2, 0.25) is 0 Å². The first-order valence-corrected chi connectivity index (χ1v) is 14.8. The third-order valence-electron chi connectivity index (χ3n) is 7.99. The Hall–Kier alpha value is -3.84. The number of benzene rings is 3. The summed E-state index contributed by atoms with van der Waals surface area (Å²) in [5, 5.41) is 2.89. The third-order valence-corrected chi connectivity index (χ3v) is 7.99. The number of anilines is 2. The summed E-state index contributed by atoms with van der Waals surface area (Å²) >= 11 is 0.